The summed E-state index contributed by atoms with van der Waals surface area (Å²) in [7, 11) is 0. The van der Waals surface area contributed by atoms with E-state index < -0.39 is 0 Å². The van der Waals surface area contributed by atoms with Gasteiger partial charge in [0.2, 0.25) is 0 Å². The van der Waals surface area contributed by atoms with Crippen LogP contribution in [0.15, 0.2) is 18.2 Å². The van der Waals surface area contributed by atoms with E-state index in [-0.39, 0.29) is 12.5 Å². The summed E-state index contributed by atoms with van der Waals surface area (Å²) in [6.07, 6.45) is 6.07. The van der Waals surface area contributed by atoms with Crippen molar-refractivity contribution < 1.29 is 4.79 Å². The van der Waals surface area contributed by atoms with Gasteiger partial charge in [0, 0.05) is 6.54 Å². The van der Waals surface area contributed by atoms with Crippen LogP contribution < -0.4 is 0 Å². The molecular weight excluding hydrogens is 257 g/mol. The lowest BCUT2D eigenvalue weighted by Crippen LogP contribution is -2.32. The third kappa shape index (κ3) is 3.39. The van der Waals surface area contributed by atoms with E-state index in [0.29, 0.717) is 22.2 Å². The quantitative estimate of drug-likeness (QED) is 0.767. The van der Waals surface area contributed by atoms with Gasteiger partial charge in [-0.1, -0.05) is 42.1 Å². The first-order chi connectivity index (χ1) is 8.11. The Bertz CT molecular complexity index is 431. The summed E-state index contributed by atoms with van der Waals surface area (Å²) in [6, 6.07) is 4.98. The molecule has 1 aromatic carbocycles. The molecule has 0 spiro atoms. The van der Waals surface area contributed by atoms with Gasteiger partial charge >= 0.3 is 0 Å². The van der Waals surface area contributed by atoms with Gasteiger partial charge in [-0.3, -0.25) is 4.79 Å². The molecule has 0 bridgehead atoms. The zero-order valence-electron chi connectivity index (χ0n) is 9.54. The molecule has 0 aliphatic rings. The average molecular weight is 270 g/mol. The predicted molar refractivity (Wildman–Crippen MR) is 71.5 cm³/mol. The number of rotatable bonds is 4. The summed E-state index contributed by atoms with van der Waals surface area (Å²) < 4.78 is 0. The van der Waals surface area contributed by atoms with Crippen LogP contribution >= 0.6 is 23.2 Å². The molecule has 90 valence electrons. The van der Waals surface area contributed by atoms with Crippen LogP contribution in [0.25, 0.3) is 0 Å². The van der Waals surface area contributed by atoms with E-state index in [2.05, 4.69) is 5.92 Å². The third-order valence-electron chi connectivity index (χ3n) is 2.24. The Morgan fingerprint density at radius 3 is 2.47 bits per heavy atom. The monoisotopic (exact) mass is 269 g/mol. The first kappa shape index (κ1) is 13.9. The number of carbonyl (C=O) groups excluding carboxylic acids is 1. The highest BCUT2D eigenvalue weighted by Crippen LogP contribution is 2.25. The molecule has 0 saturated heterocycles. The van der Waals surface area contributed by atoms with E-state index in [4.69, 9.17) is 29.6 Å². The zero-order chi connectivity index (χ0) is 12.8. The molecule has 0 aromatic heterocycles. The van der Waals surface area contributed by atoms with Crippen LogP contribution in [0.3, 0.4) is 0 Å². The topological polar surface area (TPSA) is 20.3 Å². The molecule has 17 heavy (non-hydrogen) atoms. The highest BCUT2D eigenvalue weighted by molar-refractivity contribution is 6.39. The molecule has 0 radical (unpaired) electrons. The average Bonchev–Trinajstić information content (AvgIpc) is 2.28. The molecule has 0 N–H and O–H groups in total. The molecule has 2 nitrogen and oxygen atoms in total. The number of halogens is 2. The van der Waals surface area contributed by atoms with Crippen molar-refractivity contribution in [2.75, 3.05) is 13.1 Å². The summed E-state index contributed by atoms with van der Waals surface area (Å²) in [5, 5.41) is 0.696. The smallest absolute Gasteiger partial charge is 0.257 e. The molecule has 0 unspecified atom stereocenters. The van der Waals surface area contributed by atoms with E-state index in [1.807, 2.05) is 6.92 Å². The second kappa shape index (κ2) is 6.54. The fraction of sp³-hybridized carbons (Fsp3) is 0.308. The fourth-order valence-electron chi connectivity index (χ4n) is 1.49. The molecule has 4 heteroatoms. The minimum atomic E-state index is -0.222. The number of carbonyl (C=O) groups is 1. The predicted octanol–water partition coefficient (Wildman–Crippen LogP) is 3.48. The van der Waals surface area contributed by atoms with E-state index in [0.717, 1.165) is 6.42 Å². The lowest BCUT2D eigenvalue weighted by atomic mass is 10.2. The van der Waals surface area contributed by atoms with Crippen molar-refractivity contribution in [3.05, 3.63) is 33.8 Å². The van der Waals surface area contributed by atoms with Crippen LogP contribution in [0.4, 0.5) is 0 Å². The summed E-state index contributed by atoms with van der Waals surface area (Å²) in [5.41, 5.74) is 0.319. The van der Waals surface area contributed by atoms with Gasteiger partial charge in [-0.25, -0.2) is 0 Å². The SMILES string of the molecule is C#CCN(CCC)C(=O)c1c(Cl)cccc1Cl. The summed E-state index contributed by atoms with van der Waals surface area (Å²) in [4.78, 5) is 13.8. The number of hydrogen-bond donors (Lipinski definition) is 0. The van der Waals surface area contributed by atoms with Crippen LogP contribution in [-0.4, -0.2) is 23.9 Å². The van der Waals surface area contributed by atoms with Crippen molar-refractivity contribution in [3.63, 3.8) is 0 Å². The van der Waals surface area contributed by atoms with E-state index in [9.17, 15) is 4.79 Å². The lowest BCUT2D eigenvalue weighted by molar-refractivity contribution is 0.0777. The van der Waals surface area contributed by atoms with E-state index in [1.54, 1.807) is 23.1 Å². The van der Waals surface area contributed by atoms with Crippen LogP contribution in [0.1, 0.15) is 23.7 Å². The van der Waals surface area contributed by atoms with Crippen LogP contribution in [-0.2, 0) is 0 Å². The largest absolute Gasteiger partial charge is 0.327 e. The van der Waals surface area contributed by atoms with Crippen LogP contribution in [0, 0.1) is 12.3 Å². The Labute approximate surface area is 112 Å². The van der Waals surface area contributed by atoms with Gasteiger partial charge in [-0.2, -0.15) is 0 Å². The van der Waals surface area contributed by atoms with Crippen molar-refractivity contribution in [2.45, 2.75) is 13.3 Å². The molecule has 1 amide bonds. The Balaban J connectivity index is 3.05. The summed E-state index contributed by atoms with van der Waals surface area (Å²) in [5.74, 6) is 2.24. The normalized spacial score (nSPS) is 9.76. The number of amides is 1. The second-order valence-electron chi connectivity index (χ2n) is 3.53. The van der Waals surface area contributed by atoms with E-state index in [1.165, 1.54) is 0 Å². The van der Waals surface area contributed by atoms with Crippen LogP contribution in [0.2, 0.25) is 10.0 Å². The standard InChI is InChI=1S/C13H13Cl2NO/c1-3-8-16(9-4-2)13(17)12-10(14)6-5-7-11(12)15/h1,5-7H,4,8-9H2,2H3. The zero-order valence-corrected chi connectivity index (χ0v) is 11.1. The molecule has 0 fully saturated rings. The van der Waals surface area contributed by atoms with Crippen LogP contribution in [0.5, 0.6) is 0 Å². The molecule has 1 aromatic rings. The first-order valence-corrected chi connectivity index (χ1v) is 6.04. The molecule has 0 aliphatic heterocycles. The third-order valence-corrected chi connectivity index (χ3v) is 2.87. The maximum Gasteiger partial charge on any atom is 0.257 e. The lowest BCUT2D eigenvalue weighted by Gasteiger charge is -2.20. The Morgan fingerprint density at radius 2 is 2.00 bits per heavy atom. The van der Waals surface area contributed by atoms with Gasteiger partial charge in [0.1, 0.15) is 0 Å². The van der Waals surface area contributed by atoms with Gasteiger partial charge in [0.15, 0.2) is 0 Å². The maximum atomic E-state index is 12.2. The number of nitrogens with zero attached hydrogens (tertiary/aromatic N) is 1. The van der Waals surface area contributed by atoms with Crippen molar-refractivity contribution in [3.8, 4) is 12.3 Å². The fourth-order valence-corrected chi connectivity index (χ4v) is 2.05. The summed E-state index contributed by atoms with van der Waals surface area (Å²) in [6.45, 7) is 2.82. The second-order valence-corrected chi connectivity index (χ2v) is 4.34. The van der Waals surface area contributed by atoms with Crippen molar-refractivity contribution in [2.24, 2.45) is 0 Å². The number of terminal acetylenes is 1. The van der Waals surface area contributed by atoms with E-state index >= 15 is 0 Å². The van der Waals surface area contributed by atoms with Crippen molar-refractivity contribution in [1.29, 1.82) is 0 Å². The van der Waals surface area contributed by atoms with Gasteiger partial charge in [-0.15, -0.1) is 6.42 Å². The summed E-state index contributed by atoms with van der Waals surface area (Å²) >= 11 is 12.0. The molecule has 0 aliphatic carbocycles. The minimum absolute atomic E-state index is 0.222. The molecule has 0 saturated carbocycles. The van der Waals surface area contributed by atoms with Gasteiger partial charge in [-0.05, 0) is 18.6 Å². The number of hydrogen-bond acceptors (Lipinski definition) is 1. The molecule has 0 atom stereocenters. The van der Waals surface area contributed by atoms with Crippen molar-refractivity contribution >= 4 is 29.1 Å². The number of benzene rings is 1. The minimum Gasteiger partial charge on any atom is -0.327 e. The van der Waals surface area contributed by atoms with Gasteiger partial charge in [0.25, 0.3) is 5.91 Å². The Kier molecular flexibility index (Phi) is 5.34. The molecule has 0 heterocycles. The highest BCUT2D eigenvalue weighted by Gasteiger charge is 2.19. The Hall–Kier alpha value is -1.17. The van der Waals surface area contributed by atoms with Gasteiger partial charge in [0.05, 0.1) is 22.2 Å². The highest BCUT2D eigenvalue weighted by atomic mass is 35.5. The first-order valence-electron chi connectivity index (χ1n) is 5.28. The Morgan fingerprint density at radius 1 is 1.41 bits per heavy atom. The van der Waals surface area contributed by atoms with Crippen molar-refractivity contribution in [1.82, 2.24) is 4.90 Å². The maximum absolute atomic E-state index is 12.2. The molecule has 1 rings (SSSR count). The van der Waals surface area contributed by atoms with Gasteiger partial charge < -0.3 is 4.90 Å². The molecular formula is C13H13Cl2NO.